The highest BCUT2D eigenvalue weighted by Crippen LogP contribution is 2.28. The van der Waals surface area contributed by atoms with Gasteiger partial charge in [-0.05, 0) is 51.1 Å². The van der Waals surface area contributed by atoms with E-state index in [2.05, 4.69) is 5.32 Å². The number of methoxy groups -OCH3 is 2. The van der Waals surface area contributed by atoms with E-state index in [1.54, 1.807) is 14.2 Å². The van der Waals surface area contributed by atoms with Crippen LogP contribution in [0, 0.1) is 5.92 Å². The number of nitrogens with one attached hydrogen (secondary N) is 1. The largest absolute Gasteiger partial charge is 0.493 e. The van der Waals surface area contributed by atoms with Gasteiger partial charge in [-0.2, -0.15) is 0 Å². The molecule has 0 bridgehead atoms. The van der Waals surface area contributed by atoms with Gasteiger partial charge in [0.05, 0.1) is 14.2 Å². The summed E-state index contributed by atoms with van der Waals surface area (Å²) in [6, 6.07) is 5.73. The zero-order valence-corrected chi connectivity index (χ0v) is 17.5. The first-order valence-corrected chi connectivity index (χ1v) is 9.85. The summed E-state index contributed by atoms with van der Waals surface area (Å²) >= 11 is 0. The van der Waals surface area contributed by atoms with Gasteiger partial charge in [0, 0.05) is 38.5 Å². The van der Waals surface area contributed by atoms with Gasteiger partial charge in [-0.1, -0.05) is 6.07 Å². The number of amides is 2. The molecule has 1 aliphatic heterocycles. The zero-order chi connectivity index (χ0) is 20.5. The highest BCUT2D eigenvalue weighted by molar-refractivity contribution is 5.80. The molecule has 0 radical (unpaired) electrons. The highest BCUT2D eigenvalue weighted by Gasteiger charge is 2.26. The number of hydrogen-bond donors (Lipinski definition) is 1. The fourth-order valence-corrected chi connectivity index (χ4v) is 3.38. The van der Waals surface area contributed by atoms with Crippen LogP contribution in [-0.4, -0.2) is 76.1 Å². The minimum absolute atomic E-state index is 0.0112. The van der Waals surface area contributed by atoms with E-state index < -0.39 is 0 Å². The number of likely N-dealkylation sites (N-methyl/N-ethyl adjacent to an activating group) is 1. The van der Waals surface area contributed by atoms with Crippen molar-refractivity contribution in [1.29, 1.82) is 0 Å². The molecule has 7 nitrogen and oxygen atoms in total. The molecule has 0 spiro atoms. The van der Waals surface area contributed by atoms with Crippen molar-refractivity contribution in [3.8, 4) is 11.5 Å². The normalized spacial score (nSPS) is 14.8. The smallest absolute Gasteiger partial charge is 0.223 e. The lowest BCUT2D eigenvalue weighted by Gasteiger charge is -2.31. The number of aryl methyl sites for hydroxylation is 1. The zero-order valence-electron chi connectivity index (χ0n) is 17.5. The molecule has 0 unspecified atom stereocenters. The lowest BCUT2D eigenvalue weighted by atomic mass is 9.95. The SMILES string of the molecule is COc1ccc(CCC(=O)N2CCC(C(=O)NCCN(C)C)CC2)cc1OC. The van der Waals surface area contributed by atoms with Crippen LogP contribution in [0.3, 0.4) is 0 Å². The number of benzene rings is 1. The average molecular weight is 392 g/mol. The van der Waals surface area contributed by atoms with Crippen molar-refractivity contribution >= 4 is 11.8 Å². The summed E-state index contributed by atoms with van der Waals surface area (Å²) in [5, 5.41) is 2.99. The first-order valence-electron chi connectivity index (χ1n) is 9.85. The predicted octanol–water partition coefficient (Wildman–Crippen LogP) is 1.55. The number of piperidine rings is 1. The molecule has 28 heavy (non-hydrogen) atoms. The summed E-state index contributed by atoms with van der Waals surface area (Å²) in [6.07, 6.45) is 2.57. The van der Waals surface area contributed by atoms with Gasteiger partial charge in [-0.3, -0.25) is 9.59 Å². The first kappa shape index (κ1) is 22.0. The number of carbonyl (C=O) groups is 2. The van der Waals surface area contributed by atoms with E-state index in [0.29, 0.717) is 44.0 Å². The summed E-state index contributed by atoms with van der Waals surface area (Å²) in [6.45, 7) is 2.79. The number of rotatable bonds is 9. The second-order valence-electron chi connectivity index (χ2n) is 7.44. The lowest BCUT2D eigenvalue weighted by molar-refractivity contribution is -0.135. The van der Waals surface area contributed by atoms with Crippen LogP contribution in [0.15, 0.2) is 18.2 Å². The summed E-state index contributed by atoms with van der Waals surface area (Å²) in [5.74, 6) is 1.62. The second kappa shape index (κ2) is 10.9. The standard InChI is InChI=1S/C21H33N3O4/c1-23(2)14-11-22-21(26)17-9-12-24(13-10-17)20(25)8-6-16-5-7-18(27-3)19(15-16)28-4/h5,7,15,17H,6,8-14H2,1-4H3,(H,22,26). The molecule has 1 N–H and O–H groups in total. The van der Waals surface area contributed by atoms with E-state index in [9.17, 15) is 9.59 Å². The van der Waals surface area contributed by atoms with E-state index in [-0.39, 0.29) is 17.7 Å². The molecule has 1 fully saturated rings. The van der Waals surface area contributed by atoms with Crippen LogP contribution in [0.1, 0.15) is 24.8 Å². The first-order chi connectivity index (χ1) is 13.4. The third-order valence-corrected chi connectivity index (χ3v) is 5.15. The van der Waals surface area contributed by atoms with E-state index in [4.69, 9.17) is 9.47 Å². The number of nitrogens with zero attached hydrogens (tertiary/aromatic N) is 2. The van der Waals surface area contributed by atoms with Crippen molar-refractivity contribution in [2.24, 2.45) is 5.92 Å². The molecule has 1 heterocycles. The monoisotopic (exact) mass is 391 g/mol. The predicted molar refractivity (Wildman–Crippen MR) is 109 cm³/mol. The summed E-state index contributed by atoms with van der Waals surface area (Å²) < 4.78 is 10.6. The van der Waals surface area contributed by atoms with Gasteiger partial charge >= 0.3 is 0 Å². The Bertz CT molecular complexity index is 655. The highest BCUT2D eigenvalue weighted by atomic mass is 16.5. The average Bonchev–Trinajstić information content (AvgIpc) is 2.71. The molecule has 2 rings (SSSR count). The van der Waals surface area contributed by atoms with Crippen LogP contribution in [-0.2, 0) is 16.0 Å². The fourth-order valence-electron chi connectivity index (χ4n) is 3.38. The van der Waals surface area contributed by atoms with Gasteiger partial charge in [0.2, 0.25) is 11.8 Å². The van der Waals surface area contributed by atoms with Crippen LogP contribution < -0.4 is 14.8 Å². The van der Waals surface area contributed by atoms with Crippen molar-refractivity contribution in [2.45, 2.75) is 25.7 Å². The minimum Gasteiger partial charge on any atom is -0.493 e. The molecular weight excluding hydrogens is 358 g/mol. The fraction of sp³-hybridized carbons (Fsp3) is 0.619. The van der Waals surface area contributed by atoms with Gasteiger partial charge in [0.15, 0.2) is 11.5 Å². The Hall–Kier alpha value is -2.28. The summed E-state index contributed by atoms with van der Waals surface area (Å²) in [4.78, 5) is 28.7. The molecule has 0 aromatic heterocycles. The number of likely N-dealkylation sites (tertiary alicyclic amines) is 1. The molecule has 1 aliphatic rings. The summed E-state index contributed by atoms with van der Waals surface area (Å²) in [5.41, 5.74) is 1.04. The maximum Gasteiger partial charge on any atom is 0.223 e. The van der Waals surface area contributed by atoms with Crippen molar-refractivity contribution in [2.75, 3.05) is 54.5 Å². The minimum atomic E-state index is 0.0112. The molecule has 0 atom stereocenters. The van der Waals surface area contributed by atoms with Crippen LogP contribution in [0.4, 0.5) is 0 Å². The Balaban J connectivity index is 1.75. The Morgan fingerprint density at radius 2 is 1.82 bits per heavy atom. The van der Waals surface area contributed by atoms with Gasteiger partial charge in [-0.25, -0.2) is 0 Å². The molecule has 0 aliphatic carbocycles. The maximum atomic E-state index is 12.5. The van der Waals surface area contributed by atoms with Crippen LogP contribution in [0.25, 0.3) is 0 Å². The molecule has 156 valence electrons. The van der Waals surface area contributed by atoms with Crippen molar-refractivity contribution in [3.63, 3.8) is 0 Å². The maximum absolute atomic E-state index is 12.5. The van der Waals surface area contributed by atoms with E-state index >= 15 is 0 Å². The van der Waals surface area contributed by atoms with Crippen molar-refractivity contribution in [1.82, 2.24) is 15.1 Å². The Morgan fingerprint density at radius 3 is 2.43 bits per heavy atom. The molecule has 2 amide bonds. The van der Waals surface area contributed by atoms with E-state index in [1.807, 2.05) is 42.1 Å². The molecule has 1 aromatic carbocycles. The topological polar surface area (TPSA) is 71.1 Å². The van der Waals surface area contributed by atoms with Gasteiger partial charge in [-0.15, -0.1) is 0 Å². The number of carbonyl (C=O) groups excluding carboxylic acids is 2. The quantitative estimate of drug-likeness (QED) is 0.692. The number of ether oxygens (including phenoxy) is 2. The van der Waals surface area contributed by atoms with Crippen LogP contribution in [0.5, 0.6) is 11.5 Å². The Morgan fingerprint density at radius 1 is 1.14 bits per heavy atom. The van der Waals surface area contributed by atoms with Crippen molar-refractivity contribution < 1.29 is 19.1 Å². The molecular formula is C21H33N3O4. The number of hydrogen-bond acceptors (Lipinski definition) is 5. The van der Waals surface area contributed by atoms with Gasteiger partial charge in [0.1, 0.15) is 0 Å². The summed E-state index contributed by atoms with van der Waals surface area (Å²) in [7, 11) is 7.18. The Labute approximate surface area is 168 Å². The van der Waals surface area contributed by atoms with Gasteiger partial charge in [0.25, 0.3) is 0 Å². The molecule has 7 heteroatoms. The molecule has 0 saturated carbocycles. The Kier molecular flexibility index (Phi) is 8.57. The third kappa shape index (κ3) is 6.41. The molecule has 1 aromatic rings. The van der Waals surface area contributed by atoms with E-state index in [1.165, 1.54) is 0 Å². The lowest BCUT2D eigenvalue weighted by Crippen LogP contribution is -2.44. The third-order valence-electron chi connectivity index (χ3n) is 5.15. The second-order valence-corrected chi connectivity index (χ2v) is 7.44. The van der Waals surface area contributed by atoms with Crippen LogP contribution >= 0.6 is 0 Å². The van der Waals surface area contributed by atoms with Crippen LogP contribution in [0.2, 0.25) is 0 Å². The van der Waals surface area contributed by atoms with Gasteiger partial charge < -0.3 is 24.6 Å². The van der Waals surface area contributed by atoms with Crippen molar-refractivity contribution in [3.05, 3.63) is 23.8 Å². The van der Waals surface area contributed by atoms with E-state index in [0.717, 1.165) is 24.9 Å². The molecule has 1 saturated heterocycles.